The first kappa shape index (κ1) is 19.5. The van der Waals surface area contributed by atoms with Gasteiger partial charge in [-0.2, -0.15) is 0 Å². The van der Waals surface area contributed by atoms with E-state index in [9.17, 15) is 4.79 Å². The minimum atomic E-state index is 0.0301. The molecule has 7 nitrogen and oxygen atoms in total. The van der Waals surface area contributed by atoms with E-state index in [2.05, 4.69) is 31.8 Å². The summed E-state index contributed by atoms with van der Waals surface area (Å²) in [7, 11) is 0. The van der Waals surface area contributed by atoms with Gasteiger partial charge in [0.15, 0.2) is 5.65 Å². The molecule has 2 fully saturated rings. The monoisotopic (exact) mass is 404 g/mol. The molecule has 2 aliphatic heterocycles. The summed E-state index contributed by atoms with van der Waals surface area (Å²) in [5.74, 6) is 1.11. The van der Waals surface area contributed by atoms with Gasteiger partial charge in [-0.1, -0.05) is 24.9 Å². The van der Waals surface area contributed by atoms with Gasteiger partial charge >= 0.3 is 0 Å². The number of hydrogen-bond donors (Lipinski definition) is 0. The maximum absolute atomic E-state index is 13.1. The highest BCUT2D eigenvalue weighted by Gasteiger charge is 2.32. The zero-order chi connectivity index (χ0) is 19.5. The fraction of sp³-hybridized carbons (Fsp3) is 0.650. The summed E-state index contributed by atoms with van der Waals surface area (Å²) in [6.45, 7) is 8.65. The molecule has 0 bridgehead atoms. The largest absolute Gasteiger partial charge is 0.340 e. The molecule has 0 spiro atoms. The number of fused-ring (bicyclic) bond motifs is 1. The van der Waals surface area contributed by atoms with E-state index in [0.29, 0.717) is 17.5 Å². The molecular formula is C20H29ClN6O. The molecule has 152 valence electrons. The van der Waals surface area contributed by atoms with E-state index < -0.39 is 0 Å². The number of anilines is 1. The number of carbonyl (C=O) groups is 1. The van der Waals surface area contributed by atoms with Crippen molar-refractivity contribution in [2.24, 2.45) is 5.92 Å². The zero-order valence-corrected chi connectivity index (χ0v) is 17.3. The summed E-state index contributed by atoms with van der Waals surface area (Å²) in [4.78, 5) is 19.8. The number of nitrogens with zero attached hydrogens (tertiary/aromatic N) is 6. The van der Waals surface area contributed by atoms with Gasteiger partial charge in [0.1, 0.15) is 0 Å². The fourth-order valence-electron chi connectivity index (χ4n) is 4.26. The van der Waals surface area contributed by atoms with Crippen LogP contribution in [0, 0.1) is 5.92 Å². The molecule has 0 aromatic carbocycles. The Hall–Kier alpha value is -1.86. The molecule has 4 heterocycles. The van der Waals surface area contributed by atoms with Crippen molar-refractivity contribution in [2.75, 3.05) is 50.7 Å². The van der Waals surface area contributed by atoms with E-state index in [1.165, 1.54) is 12.8 Å². The molecule has 2 saturated heterocycles. The van der Waals surface area contributed by atoms with E-state index in [0.717, 1.165) is 63.7 Å². The molecule has 0 unspecified atom stereocenters. The molecule has 1 atom stereocenters. The van der Waals surface area contributed by atoms with Gasteiger partial charge in [-0.3, -0.25) is 14.1 Å². The summed E-state index contributed by atoms with van der Waals surface area (Å²) in [5, 5.41) is 9.24. The SMILES string of the molecule is CCCCN1CCN(C(=O)[C@@H]2CCCN(c3nnc4ccc(Cl)cn34)C2)CC1. The van der Waals surface area contributed by atoms with Crippen LogP contribution in [0.25, 0.3) is 5.65 Å². The van der Waals surface area contributed by atoms with Crippen LogP contribution < -0.4 is 4.90 Å². The van der Waals surface area contributed by atoms with Crippen LogP contribution in [0.5, 0.6) is 0 Å². The molecule has 0 radical (unpaired) electrons. The average molecular weight is 405 g/mol. The number of amides is 1. The van der Waals surface area contributed by atoms with Crippen LogP contribution in [0.1, 0.15) is 32.6 Å². The third-order valence-electron chi connectivity index (χ3n) is 5.91. The standard InChI is InChI=1S/C20H29ClN6O/c1-2-3-8-24-10-12-25(13-11-24)19(28)16-5-4-9-26(14-16)20-23-22-18-7-6-17(21)15-27(18)20/h6-7,15-16H,2-5,8-14H2,1H3/t16-/m1/s1. The minimum absolute atomic E-state index is 0.0301. The first-order valence-electron chi connectivity index (χ1n) is 10.4. The second kappa shape index (κ2) is 8.66. The molecule has 8 heteroatoms. The third kappa shape index (κ3) is 4.10. The highest BCUT2D eigenvalue weighted by atomic mass is 35.5. The Bertz CT molecular complexity index is 816. The van der Waals surface area contributed by atoms with E-state index in [1.54, 1.807) is 0 Å². The molecular weight excluding hydrogens is 376 g/mol. The average Bonchev–Trinajstić information content (AvgIpc) is 3.15. The lowest BCUT2D eigenvalue weighted by Crippen LogP contribution is -2.52. The predicted molar refractivity (Wildman–Crippen MR) is 111 cm³/mol. The molecule has 2 aromatic rings. The normalized spacial score (nSPS) is 21.4. The highest BCUT2D eigenvalue weighted by molar-refractivity contribution is 6.30. The number of pyridine rings is 1. The lowest BCUT2D eigenvalue weighted by atomic mass is 9.96. The molecule has 28 heavy (non-hydrogen) atoms. The summed E-state index contributed by atoms with van der Waals surface area (Å²) in [6, 6.07) is 3.68. The van der Waals surface area contributed by atoms with Crippen molar-refractivity contribution in [1.29, 1.82) is 0 Å². The van der Waals surface area contributed by atoms with Gasteiger partial charge in [0.25, 0.3) is 0 Å². The number of piperidine rings is 1. The molecule has 0 aliphatic carbocycles. The summed E-state index contributed by atoms with van der Waals surface area (Å²) in [6.07, 6.45) is 6.24. The van der Waals surface area contributed by atoms with Gasteiger partial charge in [0.2, 0.25) is 11.9 Å². The summed E-state index contributed by atoms with van der Waals surface area (Å²) < 4.78 is 1.92. The molecule has 2 aliphatic rings. The Labute approximate surface area is 171 Å². The number of carbonyl (C=O) groups excluding carboxylic acids is 1. The van der Waals surface area contributed by atoms with E-state index in [4.69, 9.17) is 11.6 Å². The molecule has 1 amide bonds. The van der Waals surface area contributed by atoms with Crippen LogP contribution >= 0.6 is 11.6 Å². The molecule has 0 N–H and O–H groups in total. The number of aromatic nitrogens is 3. The van der Waals surface area contributed by atoms with E-state index in [-0.39, 0.29) is 5.92 Å². The highest BCUT2D eigenvalue weighted by Crippen LogP contribution is 2.25. The van der Waals surface area contributed by atoms with Crippen molar-refractivity contribution in [3.05, 3.63) is 23.4 Å². The quantitative estimate of drug-likeness (QED) is 0.766. The second-order valence-electron chi connectivity index (χ2n) is 7.88. The lowest BCUT2D eigenvalue weighted by Gasteiger charge is -2.39. The van der Waals surface area contributed by atoms with Crippen LogP contribution in [-0.2, 0) is 4.79 Å². The zero-order valence-electron chi connectivity index (χ0n) is 16.6. The van der Waals surface area contributed by atoms with Crippen molar-refractivity contribution < 1.29 is 4.79 Å². The second-order valence-corrected chi connectivity index (χ2v) is 8.32. The van der Waals surface area contributed by atoms with Crippen molar-refractivity contribution in [1.82, 2.24) is 24.4 Å². The van der Waals surface area contributed by atoms with Gasteiger partial charge in [-0.15, -0.1) is 10.2 Å². The third-order valence-corrected chi connectivity index (χ3v) is 6.14. The Balaban J connectivity index is 1.40. The van der Waals surface area contributed by atoms with E-state index in [1.807, 2.05) is 22.7 Å². The lowest BCUT2D eigenvalue weighted by molar-refractivity contribution is -0.137. The van der Waals surface area contributed by atoms with E-state index >= 15 is 0 Å². The van der Waals surface area contributed by atoms with Crippen LogP contribution in [0.15, 0.2) is 18.3 Å². The van der Waals surface area contributed by atoms with Gasteiger partial charge in [-0.25, -0.2) is 0 Å². The number of halogens is 1. The molecule has 2 aromatic heterocycles. The Morgan fingerprint density at radius 2 is 2.00 bits per heavy atom. The van der Waals surface area contributed by atoms with Crippen LogP contribution in [-0.4, -0.2) is 76.1 Å². The number of rotatable bonds is 5. The van der Waals surface area contributed by atoms with Crippen molar-refractivity contribution in [3.8, 4) is 0 Å². The Morgan fingerprint density at radius 3 is 2.79 bits per heavy atom. The molecule has 0 saturated carbocycles. The van der Waals surface area contributed by atoms with Gasteiger partial charge in [0, 0.05) is 45.5 Å². The first-order valence-corrected chi connectivity index (χ1v) is 10.8. The van der Waals surface area contributed by atoms with Crippen LogP contribution in [0.2, 0.25) is 5.02 Å². The van der Waals surface area contributed by atoms with Crippen molar-refractivity contribution >= 4 is 29.1 Å². The van der Waals surface area contributed by atoms with Gasteiger partial charge in [-0.05, 0) is 37.9 Å². The number of piperazine rings is 1. The topological polar surface area (TPSA) is 57.0 Å². The first-order chi connectivity index (χ1) is 13.7. The van der Waals surface area contributed by atoms with Gasteiger partial charge in [0.05, 0.1) is 10.9 Å². The number of unbranched alkanes of at least 4 members (excludes halogenated alkanes) is 1. The summed E-state index contributed by atoms with van der Waals surface area (Å²) in [5.41, 5.74) is 0.774. The van der Waals surface area contributed by atoms with Gasteiger partial charge < -0.3 is 9.80 Å². The fourth-order valence-corrected chi connectivity index (χ4v) is 4.42. The Morgan fingerprint density at radius 1 is 1.18 bits per heavy atom. The number of hydrogen-bond acceptors (Lipinski definition) is 5. The smallest absolute Gasteiger partial charge is 0.231 e. The van der Waals surface area contributed by atoms with Crippen molar-refractivity contribution in [3.63, 3.8) is 0 Å². The maximum Gasteiger partial charge on any atom is 0.231 e. The minimum Gasteiger partial charge on any atom is -0.340 e. The summed E-state index contributed by atoms with van der Waals surface area (Å²) >= 11 is 6.15. The maximum atomic E-state index is 13.1. The van der Waals surface area contributed by atoms with Crippen LogP contribution in [0.4, 0.5) is 5.95 Å². The van der Waals surface area contributed by atoms with Crippen molar-refractivity contribution in [2.45, 2.75) is 32.6 Å². The van der Waals surface area contributed by atoms with Crippen LogP contribution in [0.3, 0.4) is 0 Å². The Kier molecular flexibility index (Phi) is 6.01. The predicted octanol–water partition coefficient (Wildman–Crippen LogP) is 2.54. The molecule has 4 rings (SSSR count).